The summed E-state index contributed by atoms with van der Waals surface area (Å²) in [4.78, 5) is 0. The van der Waals surface area contributed by atoms with Crippen LogP contribution in [-0.4, -0.2) is 11.3 Å². The molecular formula is C16H17FO2S. The van der Waals surface area contributed by atoms with Gasteiger partial charge < -0.3 is 4.74 Å². The molecule has 0 aliphatic rings. The average Bonchev–Trinajstić information content (AvgIpc) is 2.47. The van der Waals surface area contributed by atoms with Crippen LogP contribution in [0, 0.1) is 5.82 Å². The predicted molar refractivity (Wildman–Crippen MR) is 79.7 cm³/mol. The molecule has 0 saturated carbocycles. The third kappa shape index (κ3) is 3.45. The van der Waals surface area contributed by atoms with Crippen LogP contribution in [0.15, 0.2) is 48.5 Å². The van der Waals surface area contributed by atoms with Gasteiger partial charge >= 0.3 is 0 Å². The second-order valence-electron chi connectivity index (χ2n) is 4.54. The van der Waals surface area contributed by atoms with E-state index in [-0.39, 0.29) is 11.1 Å². The van der Waals surface area contributed by atoms with Crippen LogP contribution in [0.2, 0.25) is 0 Å². The summed E-state index contributed by atoms with van der Waals surface area (Å²) in [6, 6.07) is 13.9. The SMILES string of the molecule is COc1cccc(C[S@](=O)[C@H](C)c2ccccc2F)c1. The molecule has 2 aromatic carbocycles. The van der Waals surface area contributed by atoms with E-state index in [0.29, 0.717) is 11.3 Å². The fourth-order valence-electron chi connectivity index (χ4n) is 2.00. The summed E-state index contributed by atoms with van der Waals surface area (Å²) in [6.45, 7) is 1.79. The maximum Gasteiger partial charge on any atom is 0.127 e. The summed E-state index contributed by atoms with van der Waals surface area (Å²) < 4.78 is 31.2. The van der Waals surface area contributed by atoms with Crippen LogP contribution >= 0.6 is 0 Å². The normalized spacial score (nSPS) is 13.8. The van der Waals surface area contributed by atoms with Gasteiger partial charge in [-0.1, -0.05) is 30.3 Å². The molecule has 0 spiro atoms. The number of rotatable bonds is 5. The van der Waals surface area contributed by atoms with E-state index in [2.05, 4.69) is 0 Å². The molecule has 2 atom stereocenters. The van der Waals surface area contributed by atoms with Gasteiger partial charge in [-0.25, -0.2) is 4.39 Å². The maximum absolute atomic E-state index is 13.7. The van der Waals surface area contributed by atoms with Crippen molar-refractivity contribution in [3.05, 3.63) is 65.5 Å². The van der Waals surface area contributed by atoms with Crippen LogP contribution in [-0.2, 0) is 16.6 Å². The first-order chi connectivity index (χ1) is 9.61. The van der Waals surface area contributed by atoms with E-state index in [1.807, 2.05) is 24.3 Å². The minimum Gasteiger partial charge on any atom is -0.497 e. The highest BCUT2D eigenvalue weighted by molar-refractivity contribution is 7.84. The van der Waals surface area contributed by atoms with Crippen LogP contribution in [0.25, 0.3) is 0 Å². The van der Waals surface area contributed by atoms with Crippen molar-refractivity contribution in [2.24, 2.45) is 0 Å². The lowest BCUT2D eigenvalue weighted by Gasteiger charge is -2.13. The highest BCUT2D eigenvalue weighted by atomic mass is 32.2. The highest BCUT2D eigenvalue weighted by Crippen LogP contribution is 2.25. The van der Waals surface area contributed by atoms with Crippen LogP contribution in [0.4, 0.5) is 4.39 Å². The Balaban J connectivity index is 2.13. The molecule has 0 radical (unpaired) electrons. The van der Waals surface area contributed by atoms with E-state index in [9.17, 15) is 8.60 Å². The lowest BCUT2D eigenvalue weighted by molar-refractivity contribution is 0.414. The zero-order chi connectivity index (χ0) is 14.5. The summed E-state index contributed by atoms with van der Waals surface area (Å²) >= 11 is 0. The van der Waals surface area contributed by atoms with Crippen molar-refractivity contribution in [1.82, 2.24) is 0 Å². The van der Waals surface area contributed by atoms with Crippen LogP contribution in [0.5, 0.6) is 5.75 Å². The molecule has 2 nitrogen and oxygen atoms in total. The van der Waals surface area contributed by atoms with Gasteiger partial charge in [-0.15, -0.1) is 0 Å². The molecule has 2 aromatic rings. The molecule has 0 amide bonds. The molecule has 0 aliphatic carbocycles. The molecule has 0 saturated heterocycles. The average molecular weight is 292 g/mol. The smallest absolute Gasteiger partial charge is 0.127 e. The number of methoxy groups -OCH3 is 1. The molecule has 0 aliphatic heterocycles. The van der Waals surface area contributed by atoms with E-state index in [0.717, 1.165) is 11.3 Å². The minimum atomic E-state index is -1.18. The monoisotopic (exact) mass is 292 g/mol. The fraction of sp³-hybridized carbons (Fsp3) is 0.250. The first-order valence-corrected chi connectivity index (χ1v) is 7.74. The Morgan fingerprint density at radius 3 is 2.65 bits per heavy atom. The first-order valence-electron chi connectivity index (χ1n) is 6.36. The molecule has 0 aromatic heterocycles. The van der Waals surface area contributed by atoms with Gasteiger partial charge in [0.15, 0.2) is 0 Å². The Morgan fingerprint density at radius 1 is 1.20 bits per heavy atom. The summed E-state index contributed by atoms with van der Waals surface area (Å²) in [5.74, 6) is 0.809. The predicted octanol–water partition coefficient (Wildman–Crippen LogP) is 3.84. The molecule has 0 fully saturated rings. The summed E-state index contributed by atoms with van der Waals surface area (Å²) in [7, 11) is 0.412. The van der Waals surface area contributed by atoms with Gasteiger partial charge in [-0.3, -0.25) is 4.21 Å². The van der Waals surface area contributed by atoms with Gasteiger partial charge in [0, 0.05) is 22.1 Å². The molecule has 0 heterocycles. The van der Waals surface area contributed by atoms with Crippen molar-refractivity contribution in [3.63, 3.8) is 0 Å². The van der Waals surface area contributed by atoms with Crippen LogP contribution in [0.3, 0.4) is 0 Å². The zero-order valence-corrected chi connectivity index (χ0v) is 12.3. The summed E-state index contributed by atoms with van der Waals surface area (Å²) in [6.07, 6.45) is 0. The molecule has 106 valence electrons. The van der Waals surface area contributed by atoms with Gasteiger partial charge in [-0.2, -0.15) is 0 Å². The Kier molecular flexibility index (Phi) is 4.90. The second-order valence-corrected chi connectivity index (χ2v) is 6.30. The second kappa shape index (κ2) is 6.66. The van der Waals surface area contributed by atoms with E-state index >= 15 is 0 Å². The lowest BCUT2D eigenvalue weighted by atomic mass is 10.1. The first kappa shape index (κ1) is 14.7. The number of halogens is 1. The molecular weight excluding hydrogens is 275 g/mol. The molecule has 0 N–H and O–H groups in total. The van der Waals surface area contributed by atoms with Crippen molar-refractivity contribution in [1.29, 1.82) is 0 Å². The summed E-state index contributed by atoms with van der Waals surface area (Å²) in [5.41, 5.74) is 1.42. The van der Waals surface area contributed by atoms with Crippen molar-refractivity contribution in [3.8, 4) is 5.75 Å². The van der Waals surface area contributed by atoms with Crippen molar-refractivity contribution >= 4 is 10.8 Å². The number of hydrogen-bond acceptors (Lipinski definition) is 2. The van der Waals surface area contributed by atoms with Gasteiger partial charge in [0.05, 0.1) is 12.4 Å². The van der Waals surface area contributed by atoms with Crippen molar-refractivity contribution in [2.75, 3.05) is 7.11 Å². The van der Waals surface area contributed by atoms with Crippen LogP contribution in [0.1, 0.15) is 23.3 Å². The molecule has 0 bridgehead atoms. The largest absolute Gasteiger partial charge is 0.497 e. The van der Waals surface area contributed by atoms with Gasteiger partial charge in [-0.05, 0) is 30.7 Å². The van der Waals surface area contributed by atoms with E-state index < -0.39 is 10.8 Å². The Hall–Kier alpha value is -1.68. The number of ether oxygens (including phenoxy) is 1. The fourth-order valence-corrected chi connectivity index (χ4v) is 3.23. The standard InChI is InChI=1S/C16H17FO2S/c1-12(15-8-3-4-9-16(15)17)20(18)11-13-6-5-7-14(10-13)19-2/h3-10,12H,11H2,1-2H3/t12-,20+/m1/s1. The van der Waals surface area contributed by atoms with Gasteiger partial charge in [0.2, 0.25) is 0 Å². The van der Waals surface area contributed by atoms with E-state index in [1.165, 1.54) is 6.07 Å². The van der Waals surface area contributed by atoms with Crippen molar-refractivity contribution < 1.29 is 13.3 Å². The van der Waals surface area contributed by atoms with Crippen molar-refractivity contribution in [2.45, 2.75) is 17.9 Å². The Labute approximate surface area is 121 Å². The van der Waals surface area contributed by atoms with Crippen LogP contribution < -0.4 is 4.74 Å². The topological polar surface area (TPSA) is 26.3 Å². The van der Waals surface area contributed by atoms with E-state index in [1.54, 1.807) is 32.2 Å². The number of hydrogen-bond donors (Lipinski definition) is 0. The number of benzene rings is 2. The third-order valence-corrected chi connectivity index (χ3v) is 4.84. The molecule has 2 rings (SSSR count). The third-order valence-electron chi connectivity index (χ3n) is 3.18. The molecule has 0 unspecified atom stereocenters. The quantitative estimate of drug-likeness (QED) is 0.837. The Morgan fingerprint density at radius 2 is 1.95 bits per heavy atom. The minimum absolute atomic E-state index is 0.306. The highest BCUT2D eigenvalue weighted by Gasteiger charge is 2.17. The zero-order valence-electron chi connectivity index (χ0n) is 11.5. The maximum atomic E-state index is 13.7. The van der Waals surface area contributed by atoms with Gasteiger partial charge in [0.1, 0.15) is 11.6 Å². The Bertz CT molecular complexity index is 613. The van der Waals surface area contributed by atoms with Gasteiger partial charge in [0.25, 0.3) is 0 Å². The molecule has 20 heavy (non-hydrogen) atoms. The van der Waals surface area contributed by atoms with E-state index in [4.69, 9.17) is 4.74 Å². The summed E-state index contributed by atoms with van der Waals surface area (Å²) in [5, 5.41) is -0.345. The molecule has 4 heteroatoms. The lowest BCUT2D eigenvalue weighted by Crippen LogP contribution is -2.07.